The quantitative estimate of drug-likeness (QED) is 0.834. The molecular weight excluding hydrogens is 228 g/mol. The number of aromatic nitrogens is 2. The van der Waals surface area contributed by atoms with E-state index in [1.165, 1.54) is 0 Å². The van der Waals surface area contributed by atoms with Crippen LogP contribution in [0.1, 0.15) is 33.1 Å². The van der Waals surface area contributed by atoms with E-state index in [1.54, 1.807) is 12.4 Å². The molecule has 100 valence electrons. The summed E-state index contributed by atoms with van der Waals surface area (Å²) in [5.41, 5.74) is 0.101. The van der Waals surface area contributed by atoms with Crippen molar-refractivity contribution in [1.82, 2.24) is 15.3 Å². The average molecular weight is 250 g/mol. The molecule has 1 aromatic heterocycles. The average Bonchev–Trinajstić information content (AvgIpc) is 2.37. The van der Waals surface area contributed by atoms with Crippen LogP contribution in [0, 0.1) is 0 Å². The van der Waals surface area contributed by atoms with Gasteiger partial charge >= 0.3 is 0 Å². The highest BCUT2D eigenvalue weighted by Crippen LogP contribution is 2.23. The Morgan fingerprint density at radius 1 is 1.39 bits per heavy atom. The molecule has 0 saturated carbocycles. The van der Waals surface area contributed by atoms with E-state index >= 15 is 0 Å². The molecule has 1 aromatic rings. The second kappa shape index (κ2) is 6.00. The van der Waals surface area contributed by atoms with Gasteiger partial charge in [0.1, 0.15) is 5.82 Å². The highest BCUT2D eigenvalue weighted by Gasteiger charge is 2.26. The molecular formula is C13H22N4O. The van der Waals surface area contributed by atoms with Gasteiger partial charge in [0, 0.05) is 5.54 Å². The molecule has 5 heteroatoms. The van der Waals surface area contributed by atoms with Gasteiger partial charge in [0.25, 0.3) is 0 Å². The minimum absolute atomic E-state index is 0.101. The number of piperidine rings is 1. The Kier molecular flexibility index (Phi) is 4.36. The molecule has 1 saturated heterocycles. The molecule has 0 radical (unpaired) electrons. The van der Waals surface area contributed by atoms with Crippen LogP contribution < -0.4 is 15.4 Å². The fraction of sp³-hybridized carbons (Fsp3) is 0.692. The van der Waals surface area contributed by atoms with Crippen LogP contribution in [-0.2, 0) is 0 Å². The van der Waals surface area contributed by atoms with Crippen LogP contribution >= 0.6 is 0 Å². The highest BCUT2D eigenvalue weighted by atomic mass is 16.5. The number of hydrogen-bond acceptors (Lipinski definition) is 5. The zero-order valence-corrected chi connectivity index (χ0v) is 11.2. The fourth-order valence-corrected chi connectivity index (χ4v) is 2.10. The summed E-state index contributed by atoms with van der Waals surface area (Å²) in [6.45, 7) is 7.08. The fourth-order valence-electron chi connectivity index (χ4n) is 2.10. The summed E-state index contributed by atoms with van der Waals surface area (Å²) in [7, 11) is 0. The maximum Gasteiger partial charge on any atom is 0.234 e. The highest BCUT2D eigenvalue weighted by molar-refractivity contribution is 5.36. The maximum absolute atomic E-state index is 5.49. The topological polar surface area (TPSA) is 59.1 Å². The van der Waals surface area contributed by atoms with Crippen molar-refractivity contribution >= 4 is 5.82 Å². The summed E-state index contributed by atoms with van der Waals surface area (Å²) >= 11 is 0. The smallest absolute Gasteiger partial charge is 0.234 e. The van der Waals surface area contributed by atoms with E-state index in [0.717, 1.165) is 38.2 Å². The van der Waals surface area contributed by atoms with Gasteiger partial charge in [-0.1, -0.05) is 6.92 Å². The second-order valence-corrected chi connectivity index (χ2v) is 5.03. The Labute approximate surface area is 108 Å². The van der Waals surface area contributed by atoms with Crippen molar-refractivity contribution in [3.63, 3.8) is 0 Å². The third-order valence-electron chi connectivity index (χ3n) is 3.20. The number of anilines is 1. The van der Waals surface area contributed by atoms with Crippen LogP contribution in [0.15, 0.2) is 12.4 Å². The van der Waals surface area contributed by atoms with Gasteiger partial charge in [-0.3, -0.25) is 4.98 Å². The van der Waals surface area contributed by atoms with Crippen LogP contribution in [0.4, 0.5) is 5.82 Å². The van der Waals surface area contributed by atoms with Crippen molar-refractivity contribution < 1.29 is 4.74 Å². The van der Waals surface area contributed by atoms with Gasteiger partial charge in [0.15, 0.2) is 0 Å². The first-order valence-electron chi connectivity index (χ1n) is 6.66. The van der Waals surface area contributed by atoms with Crippen LogP contribution in [0.2, 0.25) is 0 Å². The van der Waals surface area contributed by atoms with Crippen LogP contribution in [0.5, 0.6) is 5.88 Å². The van der Waals surface area contributed by atoms with E-state index in [0.29, 0.717) is 12.5 Å². The molecule has 18 heavy (non-hydrogen) atoms. The molecule has 0 atom stereocenters. The molecule has 0 unspecified atom stereocenters. The van der Waals surface area contributed by atoms with Crippen molar-refractivity contribution in [3.8, 4) is 5.88 Å². The normalized spacial score (nSPS) is 18.3. The Bertz CT molecular complexity index is 377. The summed E-state index contributed by atoms with van der Waals surface area (Å²) in [4.78, 5) is 8.60. The van der Waals surface area contributed by atoms with E-state index in [1.807, 2.05) is 0 Å². The molecule has 2 N–H and O–H groups in total. The molecule has 1 fully saturated rings. The van der Waals surface area contributed by atoms with Gasteiger partial charge in [-0.25, -0.2) is 0 Å². The SMILES string of the molecule is CCCOc1cncc(NC2(C)CCNCC2)n1. The minimum atomic E-state index is 0.101. The third kappa shape index (κ3) is 3.57. The molecule has 0 bridgehead atoms. The van der Waals surface area contributed by atoms with E-state index in [9.17, 15) is 0 Å². The Balaban J connectivity index is 1.99. The number of hydrogen-bond donors (Lipinski definition) is 2. The maximum atomic E-state index is 5.49. The summed E-state index contributed by atoms with van der Waals surface area (Å²) in [6, 6.07) is 0. The first-order valence-corrected chi connectivity index (χ1v) is 6.66. The molecule has 5 nitrogen and oxygen atoms in total. The number of nitrogens with zero attached hydrogens (tertiary/aromatic N) is 2. The van der Waals surface area contributed by atoms with Gasteiger partial charge in [-0.15, -0.1) is 0 Å². The van der Waals surface area contributed by atoms with Crippen LogP contribution in [0.3, 0.4) is 0 Å². The lowest BCUT2D eigenvalue weighted by Gasteiger charge is -2.35. The zero-order valence-electron chi connectivity index (χ0n) is 11.2. The summed E-state index contributed by atoms with van der Waals surface area (Å²) in [5, 5.41) is 6.84. The summed E-state index contributed by atoms with van der Waals surface area (Å²) in [5.74, 6) is 1.40. The van der Waals surface area contributed by atoms with Gasteiger partial charge < -0.3 is 15.4 Å². The number of rotatable bonds is 5. The van der Waals surface area contributed by atoms with Crippen molar-refractivity contribution in [3.05, 3.63) is 12.4 Å². The predicted molar refractivity (Wildman–Crippen MR) is 71.9 cm³/mol. The van der Waals surface area contributed by atoms with E-state index < -0.39 is 0 Å². The number of ether oxygens (including phenoxy) is 1. The molecule has 0 spiro atoms. The summed E-state index contributed by atoms with van der Waals surface area (Å²) in [6.07, 6.45) is 6.57. The molecule has 0 aliphatic carbocycles. The van der Waals surface area contributed by atoms with Crippen molar-refractivity contribution in [2.24, 2.45) is 0 Å². The van der Waals surface area contributed by atoms with Crippen LogP contribution in [-0.4, -0.2) is 35.2 Å². The minimum Gasteiger partial charge on any atom is -0.477 e. The monoisotopic (exact) mass is 250 g/mol. The van der Waals surface area contributed by atoms with Crippen molar-refractivity contribution in [2.75, 3.05) is 25.0 Å². The zero-order chi connectivity index (χ0) is 12.8. The predicted octanol–water partition coefficient (Wildman–Crippen LogP) is 1.82. The lowest BCUT2D eigenvalue weighted by atomic mass is 9.91. The standard InChI is InChI=1S/C13H22N4O/c1-3-8-18-12-10-15-9-11(16-12)17-13(2)4-6-14-7-5-13/h9-10,14H,3-8H2,1-2H3,(H,16,17). The third-order valence-corrected chi connectivity index (χ3v) is 3.20. The number of nitrogens with one attached hydrogen (secondary N) is 2. The Hall–Kier alpha value is -1.36. The molecule has 0 aromatic carbocycles. The second-order valence-electron chi connectivity index (χ2n) is 5.03. The molecule has 1 aliphatic heterocycles. The lowest BCUT2D eigenvalue weighted by Crippen LogP contribution is -2.45. The molecule has 2 heterocycles. The van der Waals surface area contributed by atoms with Crippen LogP contribution in [0.25, 0.3) is 0 Å². The van der Waals surface area contributed by atoms with Crippen molar-refractivity contribution in [2.45, 2.75) is 38.6 Å². The molecule has 2 rings (SSSR count). The summed E-state index contributed by atoms with van der Waals surface area (Å²) < 4.78 is 5.49. The van der Waals surface area contributed by atoms with E-state index in [2.05, 4.69) is 34.4 Å². The van der Waals surface area contributed by atoms with Gasteiger partial charge in [0.05, 0.1) is 19.0 Å². The van der Waals surface area contributed by atoms with E-state index in [4.69, 9.17) is 4.74 Å². The van der Waals surface area contributed by atoms with E-state index in [-0.39, 0.29) is 5.54 Å². The largest absolute Gasteiger partial charge is 0.477 e. The van der Waals surface area contributed by atoms with Gasteiger partial charge in [-0.2, -0.15) is 4.98 Å². The Morgan fingerprint density at radius 3 is 2.89 bits per heavy atom. The Morgan fingerprint density at radius 2 is 2.17 bits per heavy atom. The first-order chi connectivity index (χ1) is 8.72. The lowest BCUT2D eigenvalue weighted by molar-refractivity contribution is 0.303. The molecule has 0 amide bonds. The molecule has 1 aliphatic rings. The van der Waals surface area contributed by atoms with Gasteiger partial charge in [-0.05, 0) is 39.3 Å². The van der Waals surface area contributed by atoms with Crippen molar-refractivity contribution in [1.29, 1.82) is 0 Å². The first kappa shape index (κ1) is 13.1. The van der Waals surface area contributed by atoms with Gasteiger partial charge in [0.2, 0.25) is 5.88 Å².